The summed E-state index contributed by atoms with van der Waals surface area (Å²) in [6.07, 6.45) is 5.36. The minimum Gasteiger partial charge on any atom is -0.381 e. The zero-order valence-corrected chi connectivity index (χ0v) is 20.6. The van der Waals surface area contributed by atoms with Gasteiger partial charge in [-0.2, -0.15) is 0 Å². The predicted octanol–water partition coefficient (Wildman–Crippen LogP) is 4.22. The highest BCUT2D eigenvalue weighted by Gasteiger charge is 2.13. The first-order chi connectivity index (χ1) is 13.2. The predicted molar refractivity (Wildman–Crippen MR) is 130 cm³/mol. The number of thioether (sulfide) groups is 1. The Labute approximate surface area is 191 Å². The third kappa shape index (κ3) is 9.80. The Kier molecular flexibility index (Phi) is 14.0. The van der Waals surface area contributed by atoms with E-state index in [1.807, 2.05) is 0 Å². The van der Waals surface area contributed by atoms with E-state index >= 15 is 0 Å². The number of benzene rings is 1. The third-order valence-corrected chi connectivity index (χ3v) is 5.47. The Morgan fingerprint density at radius 1 is 1.29 bits per heavy atom. The van der Waals surface area contributed by atoms with Gasteiger partial charge in [0.25, 0.3) is 0 Å². The number of rotatable bonds is 10. The van der Waals surface area contributed by atoms with Gasteiger partial charge in [0.05, 0.1) is 6.54 Å². The standard InChI is InChI=1S/C21H35N3O2S.HI/c1-4-22-21(24-15-19-7-6-17(2)14-20(19)27-3)23-10-5-11-26-16-18-8-12-25-13-9-18;/h6-7,14,18H,4-5,8-13,15-16H2,1-3H3,(H2,22,23,24);1H. The Hall–Kier alpha value is -0.510. The zero-order chi connectivity index (χ0) is 19.3. The second-order valence-electron chi connectivity index (χ2n) is 6.92. The number of aryl methyl sites for hydroxylation is 1. The van der Waals surface area contributed by atoms with Gasteiger partial charge in [0.1, 0.15) is 0 Å². The summed E-state index contributed by atoms with van der Waals surface area (Å²) in [7, 11) is 0. The molecule has 28 heavy (non-hydrogen) atoms. The maximum atomic E-state index is 5.83. The van der Waals surface area contributed by atoms with E-state index in [2.05, 4.69) is 48.9 Å². The normalized spacial score (nSPS) is 15.2. The van der Waals surface area contributed by atoms with Crippen LogP contribution in [0.25, 0.3) is 0 Å². The fraction of sp³-hybridized carbons (Fsp3) is 0.667. The summed E-state index contributed by atoms with van der Waals surface area (Å²) < 4.78 is 11.2. The number of hydrogen-bond acceptors (Lipinski definition) is 4. The van der Waals surface area contributed by atoms with Crippen LogP contribution in [0.2, 0.25) is 0 Å². The minimum atomic E-state index is 0. The molecule has 2 N–H and O–H groups in total. The van der Waals surface area contributed by atoms with Gasteiger partial charge in [0, 0.05) is 44.4 Å². The summed E-state index contributed by atoms with van der Waals surface area (Å²) in [6, 6.07) is 6.56. The maximum Gasteiger partial charge on any atom is 0.191 e. The van der Waals surface area contributed by atoms with Crippen molar-refractivity contribution < 1.29 is 9.47 Å². The Morgan fingerprint density at radius 3 is 2.79 bits per heavy atom. The number of hydrogen-bond donors (Lipinski definition) is 2. The number of nitrogens with zero attached hydrogens (tertiary/aromatic N) is 1. The molecule has 0 atom stereocenters. The van der Waals surface area contributed by atoms with Crippen LogP contribution in [0.15, 0.2) is 28.1 Å². The summed E-state index contributed by atoms with van der Waals surface area (Å²) in [6.45, 7) is 10.1. The fourth-order valence-electron chi connectivity index (χ4n) is 3.03. The van der Waals surface area contributed by atoms with Crippen molar-refractivity contribution in [3.8, 4) is 0 Å². The number of ether oxygens (including phenoxy) is 2. The molecular weight excluding hydrogens is 485 g/mol. The molecule has 0 saturated carbocycles. The van der Waals surface area contributed by atoms with Crippen LogP contribution >= 0.6 is 35.7 Å². The lowest BCUT2D eigenvalue weighted by Crippen LogP contribution is -2.38. The smallest absolute Gasteiger partial charge is 0.191 e. The largest absolute Gasteiger partial charge is 0.381 e. The summed E-state index contributed by atoms with van der Waals surface area (Å²) >= 11 is 1.78. The first-order valence-electron chi connectivity index (χ1n) is 10.0. The molecule has 0 aromatic heterocycles. The molecule has 1 heterocycles. The molecule has 0 amide bonds. The van der Waals surface area contributed by atoms with Crippen molar-refractivity contribution in [2.24, 2.45) is 10.9 Å². The van der Waals surface area contributed by atoms with E-state index < -0.39 is 0 Å². The van der Waals surface area contributed by atoms with Gasteiger partial charge < -0.3 is 20.1 Å². The molecule has 1 aromatic rings. The van der Waals surface area contributed by atoms with E-state index in [0.29, 0.717) is 12.5 Å². The highest BCUT2D eigenvalue weighted by Crippen LogP contribution is 2.22. The lowest BCUT2D eigenvalue weighted by Gasteiger charge is -2.21. The average molecular weight is 522 g/mol. The number of nitrogens with one attached hydrogen (secondary N) is 2. The highest BCUT2D eigenvalue weighted by molar-refractivity contribution is 14.0. The minimum absolute atomic E-state index is 0. The lowest BCUT2D eigenvalue weighted by atomic mass is 10.0. The molecule has 5 nitrogen and oxygen atoms in total. The van der Waals surface area contributed by atoms with Gasteiger partial charge in [-0.1, -0.05) is 12.1 Å². The summed E-state index contributed by atoms with van der Waals surface area (Å²) in [4.78, 5) is 6.04. The van der Waals surface area contributed by atoms with Gasteiger partial charge >= 0.3 is 0 Å². The molecule has 0 spiro atoms. The molecule has 2 rings (SSSR count). The van der Waals surface area contributed by atoms with E-state index in [0.717, 1.165) is 64.7 Å². The Balaban J connectivity index is 0.00000392. The quantitative estimate of drug-likeness (QED) is 0.159. The first-order valence-corrected chi connectivity index (χ1v) is 11.3. The molecule has 160 valence electrons. The topological polar surface area (TPSA) is 54.9 Å². The molecule has 0 aliphatic carbocycles. The van der Waals surface area contributed by atoms with Crippen LogP contribution in [-0.4, -0.2) is 51.7 Å². The van der Waals surface area contributed by atoms with E-state index in [4.69, 9.17) is 14.5 Å². The van der Waals surface area contributed by atoms with Gasteiger partial charge in [-0.05, 0) is 62.5 Å². The molecule has 1 saturated heterocycles. The van der Waals surface area contributed by atoms with Gasteiger partial charge in [-0.15, -0.1) is 35.7 Å². The van der Waals surface area contributed by atoms with Crippen molar-refractivity contribution >= 4 is 41.7 Å². The van der Waals surface area contributed by atoms with Crippen molar-refractivity contribution in [3.05, 3.63) is 29.3 Å². The average Bonchev–Trinajstić information content (AvgIpc) is 2.70. The molecule has 0 radical (unpaired) electrons. The number of halogens is 1. The SMILES string of the molecule is CCNC(=NCc1ccc(C)cc1SC)NCCCOCC1CCOCC1.I. The van der Waals surface area contributed by atoms with Crippen LogP contribution in [0.3, 0.4) is 0 Å². The van der Waals surface area contributed by atoms with E-state index in [1.54, 1.807) is 11.8 Å². The van der Waals surface area contributed by atoms with E-state index in [1.165, 1.54) is 16.0 Å². The highest BCUT2D eigenvalue weighted by atomic mass is 127. The maximum absolute atomic E-state index is 5.83. The molecule has 1 aromatic carbocycles. The van der Waals surface area contributed by atoms with Crippen molar-refractivity contribution in [1.82, 2.24) is 10.6 Å². The number of guanidine groups is 1. The second kappa shape index (κ2) is 15.3. The van der Waals surface area contributed by atoms with Crippen LogP contribution in [-0.2, 0) is 16.0 Å². The summed E-state index contributed by atoms with van der Waals surface area (Å²) in [5, 5.41) is 6.73. The Bertz CT molecular complexity index is 581. The second-order valence-corrected chi connectivity index (χ2v) is 7.77. The molecule has 0 unspecified atom stereocenters. The first kappa shape index (κ1) is 25.5. The van der Waals surface area contributed by atoms with Crippen molar-refractivity contribution in [3.63, 3.8) is 0 Å². The van der Waals surface area contributed by atoms with Crippen LogP contribution in [0, 0.1) is 12.8 Å². The summed E-state index contributed by atoms with van der Waals surface area (Å²) in [5.41, 5.74) is 2.56. The van der Waals surface area contributed by atoms with Crippen LogP contribution in [0.4, 0.5) is 0 Å². The summed E-state index contributed by atoms with van der Waals surface area (Å²) in [5.74, 6) is 1.54. The Morgan fingerprint density at radius 2 is 2.07 bits per heavy atom. The van der Waals surface area contributed by atoms with Crippen LogP contribution < -0.4 is 10.6 Å². The fourth-order valence-corrected chi connectivity index (χ4v) is 3.73. The lowest BCUT2D eigenvalue weighted by molar-refractivity contribution is 0.0203. The monoisotopic (exact) mass is 521 g/mol. The van der Waals surface area contributed by atoms with Crippen LogP contribution in [0.5, 0.6) is 0 Å². The molecule has 1 aliphatic heterocycles. The molecule has 1 aliphatic rings. The molecule has 7 heteroatoms. The van der Waals surface area contributed by atoms with Crippen molar-refractivity contribution in [2.45, 2.75) is 44.6 Å². The number of aliphatic imine (C=N–C) groups is 1. The van der Waals surface area contributed by atoms with Crippen molar-refractivity contribution in [1.29, 1.82) is 0 Å². The van der Waals surface area contributed by atoms with Gasteiger partial charge in [-0.3, -0.25) is 0 Å². The van der Waals surface area contributed by atoms with Crippen molar-refractivity contribution in [2.75, 3.05) is 45.8 Å². The van der Waals surface area contributed by atoms with Gasteiger partial charge in [0.15, 0.2) is 5.96 Å². The third-order valence-electron chi connectivity index (χ3n) is 4.65. The van der Waals surface area contributed by atoms with E-state index in [-0.39, 0.29) is 24.0 Å². The van der Waals surface area contributed by atoms with Gasteiger partial charge in [-0.25, -0.2) is 4.99 Å². The van der Waals surface area contributed by atoms with Crippen LogP contribution in [0.1, 0.15) is 37.3 Å². The molecule has 1 fully saturated rings. The van der Waals surface area contributed by atoms with E-state index in [9.17, 15) is 0 Å². The zero-order valence-electron chi connectivity index (χ0n) is 17.5. The van der Waals surface area contributed by atoms with Gasteiger partial charge in [0.2, 0.25) is 0 Å². The molecular formula is C21H36IN3O2S. The molecule has 0 bridgehead atoms.